The molecule has 2 heterocycles. The van der Waals surface area contributed by atoms with Gasteiger partial charge < -0.3 is 25.3 Å². The number of imidazole rings is 2. The number of ketones is 2. The van der Waals surface area contributed by atoms with Gasteiger partial charge in [0.1, 0.15) is 29.7 Å². The standard InChI is InChI=1S/C12H11ClN4O6/c13-23-10-6(19)4-3(5(18)7(20)8(21)9(10)22)16-12(17-4)11-14-1-2-15-11/h1-2,7-10,20-22H,(H,14,15)(H,16,17). The van der Waals surface area contributed by atoms with Gasteiger partial charge in [-0.05, 0) is 0 Å². The summed E-state index contributed by atoms with van der Waals surface area (Å²) in [6.45, 7) is 0. The summed E-state index contributed by atoms with van der Waals surface area (Å²) in [5.41, 5.74) is -0.712. The Balaban J connectivity index is 2.16. The molecule has 0 saturated heterocycles. The first kappa shape index (κ1) is 15.8. The van der Waals surface area contributed by atoms with Gasteiger partial charge in [0.25, 0.3) is 0 Å². The predicted molar refractivity (Wildman–Crippen MR) is 73.6 cm³/mol. The number of halogens is 1. The Bertz CT molecular complexity index is 745. The highest BCUT2D eigenvalue weighted by Gasteiger charge is 2.45. The van der Waals surface area contributed by atoms with Crippen LogP contribution in [0.1, 0.15) is 21.0 Å². The van der Waals surface area contributed by atoms with E-state index in [0.717, 1.165) is 0 Å². The van der Waals surface area contributed by atoms with Crippen LogP contribution in [-0.2, 0) is 4.29 Å². The molecule has 3 rings (SSSR count). The zero-order valence-corrected chi connectivity index (χ0v) is 12.1. The Morgan fingerprint density at radius 1 is 1.13 bits per heavy atom. The molecule has 1 aliphatic carbocycles. The predicted octanol–water partition coefficient (Wildman–Crippen LogP) is -1.20. The van der Waals surface area contributed by atoms with Crippen LogP contribution < -0.4 is 0 Å². The fraction of sp³-hybridized carbons (Fsp3) is 0.333. The molecule has 23 heavy (non-hydrogen) atoms. The monoisotopic (exact) mass is 342 g/mol. The van der Waals surface area contributed by atoms with E-state index < -0.39 is 36.0 Å². The molecule has 0 radical (unpaired) electrons. The van der Waals surface area contributed by atoms with Gasteiger partial charge >= 0.3 is 0 Å². The van der Waals surface area contributed by atoms with Gasteiger partial charge in [-0.3, -0.25) is 13.9 Å². The van der Waals surface area contributed by atoms with Crippen LogP contribution in [0.5, 0.6) is 0 Å². The van der Waals surface area contributed by atoms with Gasteiger partial charge in [-0.15, -0.1) is 0 Å². The average molecular weight is 343 g/mol. The fourth-order valence-corrected chi connectivity index (χ4v) is 2.47. The number of aliphatic hydroxyl groups is 3. The molecular weight excluding hydrogens is 332 g/mol. The van der Waals surface area contributed by atoms with Crippen molar-refractivity contribution in [3.05, 3.63) is 23.8 Å². The Hall–Kier alpha value is -2.11. The topological polar surface area (TPSA) is 161 Å². The molecule has 0 aromatic carbocycles. The van der Waals surface area contributed by atoms with Crippen molar-refractivity contribution in [1.82, 2.24) is 19.9 Å². The summed E-state index contributed by atoms with van der Waals surface area (Å²) in [6, 6.07) is 0. The second-order valence-corrected chi connectivity index (χ2v) is 5.09. The summed E-state index contributed by atoms with van der Waals surface area (Å²) in [4.78, 5) is 37.8. The Morgan fingerprint density at radius 2 is 1.87 bits per heavy atom. The summed E-state index contributed by atoms with van der Waals surface area (Å²) >= 11 is 5.20. The number of Topliss-reactive ketones (excluding diaryl/α,β-unsaturated/α-hetero) is 2. The van der Waals surface area contributed by atoms with Crippen molar-refractivity contribution >= 4 is 23.4 Å². The lowest BCUT2D eigenvalue weighted by Gasteiger charge is -2.27. The molecule has 10 nitrogen and oxygen atoms in total. The first-order valence-electron chi connectivity index (χ1n) is 6.45. The minimum atomic E-state index is -1.99. The number of nitrogens with zero attached hydrogens (tertiary/aromatic N) is 2. The van der Waals surface area contributed by atoms with E-state index in [9.17, 15) is 24.9 Å². The van der Waals surface area contributed by atoms with Crippen molar-refractivity contribution in [1.29, 1.82) is 0 Å². The maximum absolute atomic E-state index is 12.4. The van der Waals surface area contributed by atoms with Gasteiger partial charge in [0.2, 0.25) is 11.6 Å². The number of carbonyl (C=O) groups is 2. The van der Waals surface area contributed by atoms with Crippen LogP contribution in [0.2, 0.25) is 0 Å². The third-order valence-corrected chi connectivity index (χ3v) is 3.70. The molecule has 11 heteroatoms. The van der Waals surface area contributed by atoms with Crippen molar-refractivity contribution in [3.63, 3.8) is 0 Å². The van der Waals surface area contributed by atoms with Gasteiger partial charge in [-0.1, -0.05) is 0 Å². The van der Waals surface area contributed by atoms with Crippen LogP contribution in [0.15, 0.2) is 12.4 Å². The van der Waals surface area contributed by atoms with E-state index in [4.69, 9.17) is 11.9 Å². The molecule has 2 aromatic rings. The molecule has 2 aromatic heterocycles. The molecule has 0 saturated carbocycles. The number of H-pyrrole nitrogens is 2. The van der Waals surface area contributed by atoms with Crippen LogP contribution in [0.25, 0.3) is 11.6 Å². The summed E-state index contributed by atoms with van der Waals surface area (Å²) < 4.78 is 4.37. The molecule has 0 fully saturated rings. The van der Waals surface area contributed by atoms with E-state index >= 15 is 0 Å². The van der Waals surface area contributed by atoms with E-state index in [1.54, 1.807) is 0 Å². The molecule has 1 aliphatic rings. The van der Waals surface area contributed by atoms with Crippen molar-refractivity contribution in [2.45, 2.75) is 24.4 Å². The second-order valence-electron chi connectivity index (χ2n) is 4.91. The van der Waals surface area contributed by atoms with Crippen molar-refractivity contribution in [2.24, 2.45) is 0 Å². The summed E-state index contributed by atoms with van der Waals surface area (Å²) in [7, 11) is 0. The molecule has 4 atom stereocenters. The summed E-state index contributed by atoms with van der Waals surface area (Å²) in [6.07, 6.45) is -4.62. The maximum atomic E-state index is 12.4. The van der Waals surface area contributed by atoms with Gasteiger partial charge in [-0.25, -0.2) is 9.97 Å². The molecule has 5 N–H and O–H groups in total. The zero-order chi connectivity index (χ0) is 16.7. The lowest BCUT2D eigenvalue weighted by atomic mass is 9.91. The maximum Gasteiger partial charge on any atom is 0.216 e. The van der Waals surface area contributed by atoms with E-state index in [1.165, 1.54) is 12.4 Å². The van der Waals surface area contributed by atoms with Crippen LogP contribution in [0, 0.1) is 0 Å². The first-order valence-corrected chi connectivity index (χ1v) is 6.76. The van der Waals surface area contributed by atoms with Gasteiger partial charge in [0.15, 0.2) is 17.8 Å². The Labute approximate surface area is 133 Å². The smallest absolute Gasteiger partial charge is 0.216 e. The van der Waals surface area contributed by atoms with Crippen LogP contribution in [0.4, 0.5) is 0 Å². The molecule has 0 amide bonds. The minimum absolute atomic E-state index is 0.0631. The lowest BCUT2D eigenvalue weighted by molar-refractivity contribution is -0.0787. The molecule has 0 bridgehead atoms. The number of nitrogens with one attached hydrogen (secondary N) is 2. The Morgan fingerprint density at radius 3 is 2.48 bits per heavy atom. The van der Waals surface area contributed by atoms with Crippen LogP contribution in [-0.4, -0.2) is 71.2 Å². The molecule has 4 unspecified atom stereocenters. The first-order chi connectivity index (χ1) is 11.0. The number of hydrogen-bond donors (Lipinski definition) is 5. The Kier molecular flexibility index (Phi) is 4.00. The van der Waals surface area contributed by atoms with E-state index in [2.05, 4.69) is 24.2 Å². The van der Waals surface area contributed by atoms with Gasteiger partial charge in [0.05, 0.1) is 11.9 Å². The number of aromatic nitrogens is 4. The lowest BCUT2D eigenvalue weighted by Crippen LogP contribution is -2.52. The van der Waals surface area contributed by atoms with Crippen molar-refractivity contribution < 1.29 is 29.2 Å². The van der Waals surface area contributed by atoms with E-state index in [0.29, 0.717) is 0 Å². The third kappa shape index (κ3) is 2.46. The number of rotatable bonds is 2. The van der Waals surface area contributed by atoms with Crippen LogP contribution >= 0.6 is 11.9 Å². The number of fused-ring (bicyclic) bond motifs is 1. The normalized spacial score (nSPS) is 28.3. The second kappa shape index (κ2) is 5.83. The fourth-order valence-electron chi connectivity index (χ4n) is 2.29. The number of carbonyl (C=O) groups excluding carboxylic acids is 2. The van der Waals surface area contributed by atoms with Crippen molar-refractivity contribution in [3.8, 4) is 11.6 Å². The highest BCUT2D eigenvalue weighted by atomic mass is 35.5. The number of hydrogen-bond acceptors (Lipinski definition) is 8. The highest BCUT2D eigenvalue weighted by Crippen LogP contribution is 2.25. The zero-order valence-electron chi connectivity index (χ0n) is 11.3. The van der Waals surface area contributed by atoms with Gasteiger partial charge in [-0.2, -0.15) is 0 Å². The third-order valence-electron chi connectivity index (χ3n) is 3.51. The highest BCUT2D eigenvalue weighted by molar-refractivity contribution is 6.14. The quantitative estimate of drug-likeness (QED) is 0.454. The summed E-state index contributed by atoms with van der Waals surface area (Å²) in [5.74, 6) is -1.61. The minimum Gasteiger partial charge on any atom is -0.387 e. The number of aliphatic hydroxyl groups excluding tert-OH is 3. The van der Waals surface area contributed by atoms with E-state index in [-0.39, 0.29) is 23.0 Å². The van der Waals surface area contributed by atoms with Gasteiger partial charge in [0, 0.05) is 12.4 Å². The molecular formula is C12H11ClN4O6. The van der Waals surface area contributed by atoms with Crippen molar-refractivity contribution in [2.75, 3.05) is 0 Å². The van der Waals surface area contributed by atoms with Crippen LogP contribution in [0.3, 0.4) is 0 Å². The summed E-state index contributed by atoms with van der Waals surface area (Å²) in [5, 5.41) is 29.5. The molecule has 122 valence electrons. The average Bonchev–Trinajstić information content (AvgIpc) is 3.21. The SMILES string of the molecule is O=C1c2[nH]c(-c3ncc[nH]3)nc2C(=O)C(OCl)C(O)C(O)C1O. The largest absolute Gasteiger partial charge is 0.387 e. The van der Waals surface area contributed by atoms with E-state index in [1.807, 2.05) is 0 Å². The molecule has 0 aliphatic heterocycles. The number of aromatic amines is 2. The molecule has 0 spiro atoms.